The van der Waals surface area contributed by atoms with Gasteiger partial charge in [0.05, 0.1) is 39.9 Å². The van der Waals surface area contributed by atoms with E-state index >= 15 is 0 Å². The van der Waals surface area contributed by atoms with Crippen LogP contribution in [-0.4, -0.2) is 73.4 Å². The predicted octanol–water partition coefficient (Wildman–Crippen LogP) is 14.7. The minimum Gasteiger partial charge on any atom is -0.391 e. The molecule has 0 fully saturated rings. The number of nitrogens with zero attached hydrogens (tertiary/aromatic N) is 1. The van der Waals surface area contributed by atoms with Gasteiger partial charge in [-0.15, -0.1) is 0 Å². The van der Waals surface area contributed by atoms with Crippen LogP contribution in [0.4, 0.5) is 0 Å². The summed E-state index contributed by atoms with van der Waals surface area (Å²) in [4.78, 5) is 23.2. The number of nitrogens with one attached hydrogen (secondary N) is 1. The number of amides is 1. The fourth-order valence-corrected chi connectivity index (χ4v) is 8.43. The highest BCUT2D eigenvalue weighted by atomic mass is 31.2. The molecule has 0 saturated carbocycles. The van der Waals surface area contributed by atoms with Crippen LogP contribution in [0.25, 0.3) is 0 Å². The van der Waals surface area contributed by atoms with Crippen molar-refractivity contribution in [1.29, 1.82) is 0 Å². The smallest absolute Gasteiger partial charge is 0.391 e. The minimum atomic E-state index is -4.32. The number of aliphatic hydroxyl groups is 1. The summed E-state index contributed by atoms with van der Waals surface area (Å²) in [5.41, 5.74) is 0. The Labute approximate surface area is 367 Å². The van der Waals surface area contributed by atoms with E-state index in [9.17, 15) is 19.4 Å². The number of likely N-dealkylation sites (N-methyl/N-ethyl adjacent to an activating group) is 1. The first-order valence-electron chi connectivity index (χ1n) is 25.6. The molecule has 1 amide bonds. The van der Waals surface area contributed by atoms with Crippen molar-refractivity contribution in [2.75, 3.05) is 40.9 Å². The Hall–Kier alpha value is -0.760. The zero-order chi connectivity index (χ0) is 43.6. The molecule has 3 unspecified atom stereocenters. The zero-order valence-electron chi connectivity index (χ0n) is 40.0. The number of rotatable bonds is 47. The molecule has 0 aliphatic heterocycles. The van der Waals surface area contributed by atoms with Crippen molar-refractivity contribution >= 4 is 13.7 Å². The highest BCUT2D eigenvalue weighted by Crippen LogP contribution is 2.43. The van der Waals surface area contributed by atoms with Gasteiger partial charge in [-0.2, -0.15) is 0 Å². The van der Waals surface area contributed by atoms with Crippen LogP contribution in [0.1, 0.15) is 251 Å². The summed E-state index contributed by atoms with van der Waals surface area (Å²) < 4.78 is 23.7. The van der Waals surface area contributed by atoms with Crippen LogP contribution < -0.4 is 5.32 Å². The molecule has 0 bridgehead atoms. The highest BCUT2D eigenvalue weighted by molar-refractivity contribution is 7.47. The topological polar surface area (TPSA) is 105 Å². The lowest BCUT2D eigenvalue weighted by Gasteiger charge is -2.26. The molecule has 0 aromatic carbocycles. The van der Waals surface area contributed by atoms with Gasteiger partial charge in [0.1, 0.15) is 13.2 Å². The van der Waals surface area contributed by atoms with E-state index < -0.39 is 20.0 Å². The van der Waals surface area contributed by atoms with Crippen molar-refractivity contribution in [3.63, 3.8) is 0 Å². The summed E-state index contributed by atoms with van der Waals surface area (Å²) in [6.07, 6.45) is 49.6. The molecule has 352 valence electrons. The monoisotopic (exact) mass is 858 g/mol. The molecule has 0 aromatic heterocycles. The molecule has 9 heteroatoms. The highest BCUT2D eigenvalue weighted by Gasteiger charge is 2.28. The first-order chi connectivity index (χ1) is 28.5. The van der Waals surface area contributed by atoms with E-state index in [0.29, 0.717) is 23.9 Å². The van der Waals surface area contributed by atoms with Gasteiger partial charge < -0.3 is 19.8 Å². The Balaban J connectivity index is 4.25. The van der Waals surface area contributed by atoms with Crippen molar-refractivity contribution in [3.05, 3.63) is 12.2 Å². The van der Waals surface area contributed by atoms with Crippen LogP contribution in [0.2, 0.25) is 0 Å². The average molecular weight is 858 g/mol. The molecule has 3 N–H and O–H groups in total. The number of aliphatic hydroxyl groups excluding tert-OH is 1. The summed E-state index contributed by atoms with van der Waals surface area (Å²) in [5, 5.41) is 14.0. The second-order valence-electron chi connectivity index (χ2n) is 18.9. The van der Waals surface area contributed by atoms with Gasteiger partial charge in [0, 0.05) is 6.42 Å². The molecule has 0 saturated heterocycles. The molecule has 3 atom stereocenters. The largest absolute Gasteiger partial charge is 0.472 e. The Morgan fingerprint density at radius 1 is 0.559 bits per heavy atom. The quantitative estimate of drug-likeness (QED) is 0.0244. The molecule has 59 heavy (non-hydrogen) atoms. The molecule has 0 spiro atoms. The minimum absolute atomic E-state index is 0.0752. The lowest BCUT2D eigenvalue weighted by Crippen LogP contribution is -2.46. The summed E-state index contributed by atoms with van der Waals surface area (Å²) >= 11 is 0. The van der Waals surface area contributed by atoms with E-state index in [-0.39, 0.29) is 19.1 Å². The summed E-state index contributed by atoms with van der Waals surface area (Å²) in [5.74, 6) is -0.150. The van der Waals surface area contributed by atoms with Crippen molar-refractivity contribution in [3.8, 4) is 0 Å². The molecule has 0 aliphatic rings. The number of unbranched alkanes of at least 4 members (excludes halogenated alkanes) is 32. The summed E-state index contributed by atoms with van der Waals surface area (Å²) in [6.45, 7) is 4.91. The van der Waals surface area contributed by atoms with Crippen molar-refractivity contribution < 1.29 is 32.9 Å². The zero-order valence-corrected chi connectivity index (χ0v) is 40.9. The molecule has 0 aliphatic carbocycles. The summed E-state index contributed by atoms with van der Waals surface area (Å²) in [6, 6.07) is -0.761. The molecule has 0 aromatic rings. The van der Waals surface area contributed by atoms with Crippen LogP contribution in [0.15, 0.2) is 12.2 Å². The second kappa shape index (κ2) is 42.5. The van der Waals surface area contributed by atoms with Crippen LogP contribution in [0.3, 0.4) is 0 Å². The number of hydrogen-bond donors (Lipinski definition) is 3. The Kier molecular flexibility index (Phi) is 42.0. The van der Waals surface area contributed by atoms with Gasteiger partial charge in [-0.05, 0) is 38.5 Å². The summed E-state index contributed by atoms with van der Waals surface area (Å²) in [7, 11) is 1.62. The van der Waals surface area contributed by atoms with Gasteiger partial charge >= 0.3 is 7.82 Å². The number of phosphoric ester groups is 1. The molecular weight excluding hydrogens is 756 g/mol. The van der Waals surface area contributed by atoms with Gasteiger partial charge in [-0.1, -0.05) is 219 Å². The van der Waals surface area contributed by atoms with Gasteiger partial charge in [0.15, 0.2) is 0 Å². The predicted molar refractivity (Wildman–Crippen MR) is 254 cm³/mol. The Morgan fingerprint density at radius 2 is 0.915 bits per heavy atom. The van der Waals surface area contributed by atoms with Gasteiger partial charge in [-0.3, -0.25) is 13.8 Å². The first-order valence-corrected chi connectivity index (χ1v) is 27.0. The standard InChI is InChI=1S/C50H101N2O6P/c1-6-8-10-12-14-16-18-20-22-24-25-26-27-28-29-31-33-35-37-39-41-43-49(53)48(47-58-59(55,56)57-46-45-52(3,4)5)51-50(54)44-42-40-38-36-34-32-30-23-21-19-17-15-13-11-9-7-2/h23,30,48-49,53H,6-22,24-29,31-47H2,1-5H3,(H-,51,54,55,56)/p+1/b30-23-. The van der Waals surface area contributed by atoms with Crippen LogP contribution in [0.5, 0.6) is 0 Å². The third-order valence-corrected chi connectivity index (χ3v) is 12.7. The maximum Gasteiger partial charge on any atom is 0.472 e. The van der Waals surface area contributed by atoms with Crippen LogP contribution in [-0.2, 0) is 18.4 Å². The van der Waals surface area contributed by atoms with Gasteiger partial charge in [0.25, 0.3) is 0 Å². The third-order valence-electron chi connectivity index (χ3n) is 11.8. The fourth-order valence-electron chi connectivity index (χ4n) is 7.69. The normalized spacial score (nSPS) is 14.2. The fraction of sp³-hybridized carbons (Fsp3) is 0.940. The first kappa shape index (κ1) is 58.2. The number of hydrogen-bond acceptors (Lipinski definition) is 5. The van der Waals surface area contributed by atoms with E-state index in [4.69, 9.17) is 9.05 Å². The molecule has 0 rings (SSSR count). The Morgan fingerprint density at radius 3 is 1.31 bits per heavy atom. The molecule has 0 heterocycles. The second-order valence-corrected chi connectivity index (χ2v) is 20.4. The molecule has 8 nitrogen and oxygen atoms in total. The van der Waals surface area contributed by atoms with Crippen LogP contribution >= 0.6 is 7.82 Å². The van der Waals surface area contributed by atoms with E-state index in [2.05, 4.69) is 31.3 Å². The van der Waals surface area contributed by atoms with E-state index in [1.165, 1.54) is 173 Å². The van der Waals surface area contributed by atoms with E-state index in [1.807, 2.05) is 21.1 Å². The van der Waals surface area contributed by atoms with Crippen molar-refractivity contribution in [1.82, 2.24) is 5.32 Å². The number of carbonyl (C=O) groups is 1. The number of quaternary nitrogens is 1. The average Bonchev–Trinajstić information content (AvgIpc) is 3.19. The van der Waals surface area contributed by atoms with Crippen molar-refractivity contribution in [2.45, 2.75) is 264 Å². The van der Waals surface area contributed by atoms with Gasteiger partial charge in [0.2, 0.25) is 5.91 Å². The molecule has 0 radical (unpaired) electrons. The van der Waals surface area contributed by atoms with Crippen LogP contribution in [0, 0.1) is 0 Å². The SMILES string of the molecule is CCCCCCCCC/C=C\CCCCCCCC(=O)NC(COP(=O)(O)OCC[N+](C)(C)C)C(O)CCCCCCCCCCCCCCCCCCCCCCC. The van der Waals surface area contributed by atoms with E-state index in [1.54, 1.807) is 0 Å². The van der Waals surface area contributed by atoms with Crippen molar-refractivity contribution in [2.24, 2.45) is 0 Å². The number of carbonyl (C=O) groups excluding carboxylic acids is 1. The van der Waals surface area contributed by atoms with Gasteiger partial charge in [-0.25, -0.2) is 4.57 Å². The van der Waals surface area contributed by atoms with E-state index in [0.717, 1.165) is 51.4 Å². The Bertz CT molecular complexity index is 974. The maximum absolute atomic E-state index is 12.9. The third kappa shape index (κ3) is 45.1. The maximum atomic E-state index is 12.9. The number of allylic oxidation sites excluding steroid dienone is 2. The lowest BCUT2D eigenvalue weighted by molar-refractivity contribution is -0.870. The number of phosphoric acid groups is 1. The lowest BCUT2D eigenvalue weighted by atomic mass is 10.0. The molecular formula is C50H102N2O6P+.